The summed E-state index contributed by atoms with van der Waals surface area (Å²) in [5.41, 5.74) is 4.24. The molecule has 0 aromatic heterocycles. The van der Waals surface area contributed by atoms with Crippen molar-refractivity contribution in [3.05, 3.63) is 82.9 Å². The van der Waals surface area contributed by atoms with Crippen molar-refractivity contribution in [2.45, 2.75) is 31.0 Å². The molecule has 0 unspecified atom stereocenters. The second kappa shape index (κ2) is 5.57. The van der Waals surface area contributed by atoms with Crippen LogP contribution < -0.4 is 0 Å². The van der Waals surface area contributed by atoms with Crippen LogP contribution in [0.4, 0.5) is 0 Å². The second-order valence-corrected chi connectivity index (χ2v) is 7.15. The van der Waals surface area contributed by atoms with Gasteiger partial charge in [-0.3, -0.25) is 0 Å². The number of carbonyl (C=O) groups excluding carboxylic acids is 1. The van der Waals surface area contributed by atoms with Crippen LogP contribution >= 0.6 is 0 Å². The van der Waals surface area contributed by atoms with Gasteiger partial charge in [-0.25, -0.2) is 4.79 Å². The van der Waals surface area contributed by atoms with Gasteiger partial charge in [-0.2, -0.15) is 0 Å². The Morgan fingerprint density at radius 3 is 2.80 bits per heavy atom. The smallest absolute Gasteiger partial charge is 0.334 e. The highest BCUT2D eigenvalue weighted by Crippen LogP contribution is 2.64. The van der Waals surface area contributed by atoms with Crippen LogP contribution in [0, 0.1) is 5.92 Å². The number of carbonyl (C=O) groups is 1. The Morgan fingerprint density at radius 1 is 1.12 bits per heavy atom. The van der Waals surface area contributed by atoms with Gasteiger partial charge in [0, 0.05) is 18.1 Å². The number of esters is 1. The van der Waals surface area contributed by atoms with Crippen molar-refractivity contribution in [1.82, 2.24) is 0 Å². The monoisotopic (exact) mass is 332 g/mol. The number of hydrogen-bond donors (Lipinski definition) is 0. The van der Waals surface area contributed by atoms with E-state index < -0.39 is 0 Å². The maximum Gasteiger partial charge on any atom is 0.334 e. The lowest BCUT2D eigenvalue weighted by Crippen LogP contribution is -2.49. The zero-order chi connectivity index (χ0) is 16.9. The molecule has 3 heteroatoms. The van der Waals surface area contributed by atoms with E-state index in [4.69, 9.17) is 9.47 Å². The lowest BCUT2D eigenvalue weighted by Gasteiger charge is -2.52. The topological polar surface area (TPSA) is 35.5 Å². The zero-order valence-electron chi connectivity index (χ0n) is 14.0. The van der Waals surface area contributed by atoms with Crippen LogP contribution in [0.2, 0.25) is 0 Å². The lowest BCUT2D eigenvalue weighted by atomic mass is 9.55. The summed E-state index contributed by atoms with van der Waals surface area (Å²) in [6.45, 7) is 1.10. The van der Waals surface area contributed by atoms with Gasteiger partial charge < -0.3 is 9.47 Å². The summed E-state index contributed by atoms with van der Waals surface area (Å²) in [6.07, 6.45) is 3.85. The Labute approximate surface area is 147 Å². The minimum absolute atomic E-state index is 0.184. The molecule has 1 saturated heterocycles. The normalized spacial score (nSPS) is 28.9. The van der Waals surface area contributed by atoms with Gasteiger partial charge in [-0.1, -0.05) is 60.7 Å². The third-order valence-electron chi connectivity index (χ3n) is 5.90. The molecule has 25 heavy (non-hydrogen) atoms. The first-order valence-corrected chi connectivity index (χ1v) is 8.94. The van der Waals surface area contributed by atoms with Crippen LogP contribution in [0.5, 0.6) is 0 Å². The highest BCUT2D eigenvalue weighted by molar-refractivity contribution is 5.89. The van der Waals surface area contributed by atoms with Crippen molar-refractivity contribution < 1.29 is 14.3 Å². The zero-order valence-corrected chi connectivity index (χ0v) is 14.0. The third kappa shape index (κ3) is 2.12. The van der Waals surface area contributed by atoms with Gasteiger partial charge in [0.05, 0.1) is 0 Å². The largest absolute Gasteiger partial charge is 0.457 e. The summed E-state index contributed by atoms with van der Waals surface area (Å²) in [6, 6.07) is 18.3. The van der Waals surface area contributed by atoms with Gasteiger partial charge >= 0.3 is 5.97 Å². The van der Waals surface area contributed by atoms with Gasteiger partial charge in [-0.05, 0) is 35.4 Å². The molecule has 126 valence electrons. The van der Waals surface area contributed by atoms with Gasteiger partial charge in [-0.15, -0.1) is 0 Å². The van der Waals surface area contributed by atoms with E-state index in [2.05, 4.69) is 30.3 Å². The first-order chi connectivity index (χ1) is 12.3. The number of hydrogen-bond acceptors (Lipinski definition) is 3. The van der Waals surface area contributed by atoms with Crippen molar-refractivity contribution in [3.8, 4) is 0 Å². The van der Waals surface area contributed by atoms with Gasteiger partial charge in [0.15, 0.2) is 0 Å². The van der Waals surface area contributed by atoms with E-state index in [1.54, 1.807) is 0 Å². The van der Waals surface area contributed by atoms with Crippen LogP contribution in [0.3, 0.4) is 0 Å². The van der Waals surface area contributed by atoms with E-state index in [1.165, 1.54) is 11.1 Å². The molecule has 3 atom stereocenters. The summed E-state index contributed by atoms with van der Waals surface area (Å²) in [4.78, 5) is 12.6. The first kappa shape index (κ1) is 14.9. The molecule has 1 aliphatic heterocycles. The average Bonchev–Trinajstić information content (AvgIpc) is 3.11. The molecule has 3 nitrogen and oxygen atoms in total. The fourth-order valence-electron chi connectivity index (χ4n) is 4.76. The molecule has 1 fully saturated rings. The summed E-state index contributed by atoms with van der Waals surface area (Å²) < 4.78 is 11.8. The van der Waals surface area contributed by atoms with E-state index in [-0.39, 0.29) is 17.5 Å². The van der Waals surface area contributed by atoms with E-state index in [0.717, 1.165) is 30.6 Å². The molecule has 2 aromatic carbocycles. The number of rotatable bonds is 3. The fourth-order valence-corrected chi connectivity index (χ4v) is 4.76. The molecule has 1 spiro atoms. The number of ether oxygens (including phenoxy) is 2. The molecule has 0 saturated carbocycles. The number of fused-ring (bicyclic) bond motifs is 2. The third-order valence-corrected chi connectivity index (χ3v) is 5.90. The second-order valence-electron chi connectivity index (χ2n) is 7.15. The number of benzene rings is 2. The van der Waals surface area contributed by atoms with Gasteiger partial charge in [0.25, 0.3) is 0 Å². The van der Waals surface area contributed by atoms with Crippen molar-refractivity contribution in [2.24, 2.45) is 5.92 Å². The van der Waals surface area contributed by atoms with Crippen LogP contribution in [-0.4, -0.2) is 12.6 Å². The van der Waals surface area contributed by atoms with Crippen molar-refractivity contribution >= 4 is 5.97 Å². The molecule has 0 radical (unpaired) electrons. The Hall–Kier alpha value is -2.39. The molecule has 3 aliphatic rings. The molecule has 5 rings (SSSR count). The molecule has 2 aliphatic carbocycles. The fraction of sp³-hybridized carbons (Fsp3) is 0.318. The lowest BCUT2D eigenvalue weighted by molar-refractivity contribution is -0.141. The predicted molar refractivity (Wildman–Crippen MR) is 93.9 cm³/mol. The molecular formula is C22H20O3. The van der Waals surface area contributed by atoms with E-state index in [9.17, 15) is 4.79 Å². The Balaban J connectivity index is 1.40. The van der Waals surface area contributed by atoms with Gasteiger partial charge in [0.2, 0.25) is 0 Å². The summed E-state index contributed by atoms with van der Waals surface area (Å²) in [5.74, 6) is 0.370. The molecular weight excluding hydrogens is 312 g/mol. The SMILES string of the molecule is O=C(OCc1ccccc1)C1=C[C@H]2c3ccccc3[C@]23OCC[C@H]3C1. The van der Waals surface area contributed by atoms with Crippen LogP contribution in [0.25, 0.3) is 0 Å². The van der Waals surface area contributed by atoms with E-state index >= 15 is 0 Å². The Kier molecular flexibility index (Phi) is 3.32. The molecule has 0 N–H and O–H groups in total. The highest BCUT2D eigenvalue weighted by atomic mass is 16.5. The Morgan fingerprint density at radius 2 is 1.92 bits per heavy atom. The van der Waals surface area contributed by atoms with Gasteiger partial charge in [0.1, 0.15) is 12.2 Å². The van der Waals surface area contributed by atoms with Crippen LogP contribution in [-0.2, 0) is 26.5 Å². The quantitative estimate of drug-likeness (QED) is 0.794. The van der Waals surface area contributed by atoms with E-state index in [0.29, 0.717) is 12.5 Å². The van der Waals surface area contributed by atoms with Crippen molar-refractivity contribution in [3.63, 3.8) is 0 Å². The summed E-state index contributed by atoms with van der Waals surface area (Å²) >= 11 is 0. The molecule has 1 heterocycles. The van der Waals surface area contributed by atoms with Crippen molar-refractivity contribution in [1.29, 1.82) is 0 Å². The predicted octanol–water partition coefficient (Wildman–Crippen LogP) is 4.09. The maximum absolute atomic E-state index is 12.6. The minimum atomic E-state index is -0.195. The minimum Gasteiger partial charge on any atom is -0.457 e. The highest BCUT2D eigenvalue weighted by Gasteiger charge is 2.61. The van der Waals surface area contributed by atoms with Crippen LogP contribution in [0.1, 0.15) is 35.4 Å². The van der Waals surface area contributed by atoms with Crippen molar-refractivity contribution in [2.75, 3.05) is 6.61 Å². The summed E-state index contributed by atoms with van der Waals surface area (Å²) in [5, 5.41) is 0. The standard InChI is InChI=1S/C22H20O3/c23-21(24-14-15-6-2-1-3-7-15)16-12-17-10-11-25-22(17)19-9-5-4-8-18(19)20(22)13-16/h1-9,13,17,20H,10-12,14H2/t17-,20-,22-/m0/s1. The molecule has 0 amide bonds. The average molecular weight is 332 g/mol. The molecule has 2 aromatic rings. The Bertz CT molecular complexity index is 855. The first-order valence-electron chi connectivity index (χ1n) is 8.94. The maximum atomic E-state index is 12.6. The van der Waals surface area contributed by atoms with E-state index in [1.807, 2.05) is 30.3 Å². The van der Waals surface area contributed by atoms with Crippen LogP contribution in [0.15, 0.2) is 66.2 Å². The molecule has 0 bridgehead atoms. The summed E-state index contributed by atoms with van der Waals surface area (Å²) in [7, 11) is 0.